The Bertz CT molecular complexity index is 853. The molecule has 0 aliphatic heterocycles. The van der Waals surface area contributed by atoms with Crippen LogP contribution in [-0.2, 0) is 0 Å². The van der Waals surface area contributed by atoms with Crippen LogP contribution < -0.4 is 5.32 Å². The Kier molecular flexibility index (Phi) is 5.23. The van der Waals surface area contributed by atoms with Crippen molar-refractivity contribution >= 4 is 22.4 Å². The third-order valence-corrected chi connectivity index (χ3v) is 5.13. The number of amides is 1. The lowest BCUT2D eigenvalue weighted by Gasteiger charge is -2.06. The first-order valence-electron chi connectivity index (χ1n) is 8.30. The molecule has 0 aliphatic carbocycles. The van der Waals surface area contributed by atoms with Crippen molar-refractivity contribution in [2.24, 2.45) is 0 Å². The molecule has 1 aromatic carbocycles. The molecule has 0 saturated heterocycles. The third-order valence-electron chi connectivity index (χ3n) is 4.13. The number of carbonyl (C=O) groups excluding carboxylic acids is 1. The van der Waals surface area contributed by atoms with Crippen LogP contribution in [0.5, 0.6) is 0 Å². The number of nitrogens with zero attached hydrogens (tertiary/aromatic N) is 3. The molecule has 0 bridgehead atoms. The lowest BCUT2D eigenvalue weighted by Crippen LogP contribution is -2.13. The van der Waals surface area contributed by atoms with E-state index in [2.05, 4.69) is 34.5 Å². The molecule has 2 heterocycles. The minimum absolute atomic E-state index is 0.287. The monoisotopic (exact) mass is 356 g/mol. The normalized spacial score (nSPS) is 11.0. The molecule has 0 atom stereocenters. The number of nitrogens with one attached hydrogen (secondary N) is 1. The van der Waals surface area contributed by atoms with E-state index in [-0.39, 0.29) is 5.91 Å². The van der Waals surface area contributed by atoms with Crippen molar-refractivity contribution in [1.29, 1.82) is 0 Å². The van der Waals surface area contributed by atoms with Crippen molar-refractivity contribution in [2.75, 3.05) is 5.32 Å². The zero-order valence-corrected chi connectivity index (χ0v) is 15.3. The summed E-state index contributed by atoms with van der Waals surface area (Å²) in [6.45, 7) is 5.98. The fourth-order valence-corrected chi connectivity index (χ4v) is 3.69. The fraction of sp³-hybridized carbons (Fsp3) is 0.333. The predicted molar refractivity (Wildman–Crippen MR) is 97.9 cm³/mol. The Hall–Kier alpha value is -2.54. The van der Waals surface area contributed by atoms with E-state index in [1.165, 1.54) is 11.3 Å². The van der Waals surface area contributed by atoms with E-state index in [9.17, 15) is 4.79 Å². The molecule has 3 rings (SSSR count). The number of hydrogen-bond acceptors (Lipinski definition) is 6. The van der Waals surface area contributed by atoms with Crippen molar-refractivity contribution in [1.82, 2.24) is 15.4 Å². The highest BCUT2D eigenvalue weighted by molar-refractivity contribution is 7.15. The predicted octanol–water partition coefficient (Wildman–Crippen LogP) is 4.66. The Morgan fingerprint density at radius 3 is 2.60 bits per heavy atom. The van der Waals surface area contributed by atoms with Gasteiger partial charge < -0.3 is 4.52 Å². The van der Waals surface area contributed by atoms with Crippen LogP contribution in [0.15, 0.2) is 34.9 Å². The second-order valence-corrected chi connectivity index (χ2v) is 6.75. The van der Waals surface area contributed by atoms with Gasteiger partial charge in [0.15, 0.2) is 0 Å². The van der Waals surface area contributed by atoms with Crippen LogP contribution in [0.25, 0.3) is 11.3 Å². The van der Waals surface area contributed by atoms with Crippen molar-refractivity contribution < 1.29 is 9.32 Å². The zero-order valence-electron chi connectivity index (χ0n) is 14.4. The standard InChI is InChI=1S/C18H20N4O2S/c1-4-12(5-2)17-20-21-18(25-17)19-16(23)14-11(3)24-22-15(14)13-9-7-6-8-10-13/h6-10,12H,4-5H2,1-3H3,(H,19,21,23). The summed E-state index contributed by atoms with van der Waals surface area (Å²) in [6, 6.07) is 9.49. The van der Waals surface area contributed by atoms with Gasteiger partial charge in [0.25, 0.3) is 5.91 Å². The molecule has 0 aliphatic rings. The largest absolute Gasteiger partial charge is 0.360 e. The molecule has 25 heavy (non-hydrogen) atoms. The fourth-order valence-electron chi connectivity index (χ4n) is 2.68. The molecule has 2 aromatic heterocycles. The molecule has 3 aromatic rings. The molecule has 1 N–H and O–H groups in total. The summed E-state index contributed by atoms with van der Waals surface area (Å²) >= 11 is 1.42. The molecule has 130 valence electrons. The molecule has 0 saturated carbocycles. The van der Waals surface area contributed by atoms with Gasteiger partial charge in [0.2, 0.25) is 5.13 Å². The van der Waals surface area contributed by atoms with Crippen molar-refractivity contribution in [3.63, 3.8) is 0 Å². The Balaban J connectivity index is 1.84. The van der Waals surface area contributed by atoms with Crippen LogP contribution in [0.4, 0.5) is 5.13 Å². The SMILES string of the molecule is CCC(CC)c1nnc(NC(=O)c2c(-c3ccccc3)noc2C)s1. The third kappa shape index (κ3) is 3.61. The second-order valence-electron chi connectivity index (χ2n) is 5.74. The van der Waals surface area contributed by atoms with Crippen LogP contribution in [0.2, 0.25) is 0 Å². The average molecular weight is 356 g/mol. The van der Waals surface area contributed by atoms with Crippen LogP contribution in [0.3, 0.4) is 0 Å². The number of aromatic nitrogens is 3. The summed E-state index contributed by atoms with van der Waals surface area (Å²) < 4.78 is 5.24. The highest BCUT2D eigenvalue weighted by Gasteiger charge is 2.23. The van der Waals surface area contributed by atoms with Crippen molar-refractivity contribution in [3.05, 3.63) is 46.7 Å². The van der Waals surface area contributed by atoms with E-state index in [0.717, 1.165) is 23.4 Å². The number of benzene rings is 1. The van der Waals surface area contributed by atoms with Gasteiger partial charge in [-0.1, -0.05) is 60.7 Å². The Labute approximate surface area is 150 Å². The molecule has 0 spiro atoms. The summed E-state index contributed by atoms with van der Waals surface area (Å²) in [7, 11) is 0. The summed E-state index contributed by atoms with van der Waals surface area (Å²) in [6.07, 6.45) is 2.00. The molecule has 6 nitrogen and oxygen atoms in total. The van der Waals surface area contributed by atoms with Gasteiger partial charge in [0.1, 0.15) is 22.0 Å². The number of hydrogen-bond donors (Lipinski definition) is 1. The Morgan fingerprint density at radius 2 is 1.92 bits per heavy atom. The van der Waals surface area contributed by atoms with Crippen molar-refractivity contribution in [3.8, 4) is 11.3 Å². The van der Waals surface area contributed by atoms with Crippen LogP contribution >= 0.6 is 11.3 Å². The van der Waals surface area contributed by atoms with E-state index in [4.69, 9.17) is 4.52 Å². The first-order chi connectivity index (χ1) is 12.1. The molecule has 0 radical (unpaired) electrons. The second kappa shape index (κ2) is 7.57. The molecule has 0 fully saturated rings. The van der Waals surface area contributed by atoms with Gasteiger partial charge >= 0.3 is 0 Å². The maximum atomic E-state index is 12.7. The number of aryl methyl sites for hydroxylation is 1. The van der Waals surface area contributed by atoms with E-state index < -0.39 is 0 Å². The summed E-state index contributed by atoms with van der Waals surface area (Å²) in [5.41, 5.74) is 1.78. The van der Waals surface area contributed by atoms with Crippen LogP contribution in [0.1, 0.15) is 53.7 Å². The van der Waals surface area contributed by atoms with Gasteiger partial charge in [-0.05, 0) is 19.8 Å². The number of rotatable bonds is 6. The van der Waals surface area contributed by atoms with Gasteiger partial charge in [-0.15, -0.1) is 10.2 Å². The van der Waals surface area contributed by atoms with Gasteiger partial charge in [-0.2, -0.15) is 0 Å². The quantitative estimate of drug-likeness (QED) is 0.695. The Morgan fingerprint density at radius 1 is 1.20 bits per heavy atom. The van der Waals surface area contributed by atoms with Gasteiger partial charge in [-0.25, -0.2) is 0 Å². The van der Waals surface area contributed by atoms with Crippen LogP contribution in [-0.4, -0.2) is 21.3 Å². The number of anilines is 1. The zero-order chi connectivity index (χ0) is 17.8. The molecular formula is C18H20N4O2S. The van der Waals surface area contributed by atoms with E-state index in [1.807, 2.05) is 30.3 Å². The van der Waals surface area contributed by atoms with Crippen molar-refractivity contribution in [2.45, 2.75) is 39.5 Å². The topological polar surface area (TPSA) is 80.9 Å². The smallest absolute Gasteiger partial charge is 0.263 e. The van der Waals surface area contributed by atoms with E-state index >= 15 is 0 Å². The van der Waals surface area contributed by atoms with E-state index in [0.29, 0.717) is 28.1 Å². The molecular weight excluding hydrogens is 336 g/mol. The summed E-state index contributed by atoms with van der Waals surface area (Å²) in [4.78, 5) is 12.7. The summed E-state index contributed by atoms with van der Waals surface area (Å²) in [5.74, 6) is 0.561. The minimum Gasteiger partial charge on any atom is -0.360 e. The van der Waals surface area contributed by atoms with Gasteiger partial charge in [0.05, 0.1) is 0 Å². The summed E-state index contributed by atoms with van der Waals surface area (Å²) in [5, 5.41) is 16.6. The minimum atomic E-state index is -0.287. The maximum Gasteiger partial charge on any atom is 0.263 e. The first kappa shape index (κ1) is 17.3. The lowest BCUT2D eigenvalue weighted by molar-refractivity contribution is 0.102. The molecule has 0 unspecified atom stereocenters. The highest BCUT2D eigenvalue weighted by Crippen LogP contribution is 2.30. The maximum absolute atomic E-state index is 12.7. The lowest BCUT2D eigenvalue weighted by atomic mass is 10.1. The van der Waals surface area contributed by atoms with Gasteiger partial charge in [-0.3, -0.25) is 10.1 Å². The van der Waals surface area contributed by atoms with E-state index in [1.54, 1.807) is 6.92 Å². The average Bonchev–Trinajstić information content (AvgIpc) is 3.23. The van der Waals surface area contributed by atoms with Gasteiger partial charge in [0, 0.05) is 11.5 Å². The molecule has 7 heteroatoms. The molecule has 1 amide bonds. The number of carbonyl (C=O) groups is 1. The highest BCUT2D eigenvalue weighted by atomic mass is 32.1. The first-order valence-corrected chi connectivity index (χ1v) is 9.12. The van der Waals surface area contributed by atoms with Crippen LogP contribution in [0, 0.1) is 6.92 Å².